The van der Waals surface area contributed by atoms with Gasteiger partial charge in [-0.05, 0) is 30.7 Å². The molecular weight excluding hydrogens is 441 g/mol. The van der Waals surface area contributed by atoms with Gasteiger partial charge in [0.25, 0.3) is 0 Å². The molecule has 0 saturated carbocycles. The minimum Gasteiger partial charge on any atom is -0.387 e. The van der Waals surface area contributed by atoms with Crippen LogP contribution in [-0.4, -0.2) is 33.9 Å². The summed E-state index contributed by atoms with van der Waals surface area (Å²) < 4.78 is 1.79. The van der Waals surface area contributed by atoms with Gasteiger partial charge in [-0.25, -0.2) is 4.99 Å². The molecule has 3 N–H and O–H groups in total. The monoisotopic (exact) mass is 463 g/mol. The molecule has 0 aliphatic rings. The summed E-state index contributed by atoms with van der Waals surface area (Å²) in [6, 6.07) is 9.09. The van der Waals surface area contributed by atoms with Crippen LogP contribution in [0.4, 0.5) is 0 Å². The zero-order valence-electron chi connectivity index (χ0n) is 13.7. The molecule has 1 aromatic heterocycles. The molecule has 0 saturated heterocycles. The number of nitrogens with zero attached hydrogens (tertiary/aromatic N) is 3. The van der Waals surface area contributed by atoms with Crippen molar-refractivity contribution in [2.75, 3.05) is 13.1 Å². The Hall–Kier alpha value is -1.32. The summed E-state index contributed by atoms with van der Waals surface area (Å²) in [5, 5.41) is 21.3. The van der Waals surface area contributed by atoms with Gasteiger partial charge in [0.2, 0.25) is 0 Å². The maximum absolute atomic E-state index is 10.2. The molecule has 132 valence electrons. The average Bonchev–Trinajstić information content (AvgIpc) is 2.95. The molecule has 2 aromatic rings. The molecule has 1 atom stereocenters. The number of rotatable bonds is 6. The van der Waals surface area contributed by atoms with E-state index >= 15 is 0 Å². The Bertz CT molecular complexity index is 644. The van der Waals surface area contributed by atoms with E-state index in [2.05, 4.69) is 20.7 Å². The number of aromatic nitrogens is 2. The normalized spacial score (nSPS) is 12.4. The Labute approximate surface area is 164 Å². The van der Waals surface area contributed by atoms with Crippen LogP contribution in [0.2, 0.25) is 5.02 Å². The highest BCUT2D eigenvalue weighted by Crippen LogP contribution is 2.15. The summed E-state index contributed by atoms with van der Waals surface area (Å²) in [7, 11) is 1.88. The number of halogens is 2. The molecule has 0 fully saturated rings. The van der Waals surface area contributed by atoms with Gasteiger partial charge in [-0.3, -0.25) is 4.68 Å². The first-order chi connectivity index (χ1) is 11.1. The van der Waals surface area contributed by atoms with E-state index in [1.165, 1.54) is 0 Å². The van der Waals surface area contributed by atoms with E-state index in [1.54, 1.807) is 23.0 Å². The number of benzene rings is 1. The Kier molecular flexibility index (Phi) is 9.09. The summed E-state index contributed by atoms with van der Waals surface area (Å²) in [4.78, 5) is 4.50. The highest BCUT2D eigenvalue weighted by Gasteiger charge is 2.08. The maximum Gasteiger partial charge on any atom is 0.191 e. The summed E-state index contributed by atoms with van der Waals surface area (Å²) in [5.74, 6) is 0.654. The van der Waals surface area contributed by atoms with Crippen molar-refractivity contribution < 1.29 is 5.11 Å². The molecule has 0 spiro atoms. The van der Waals surface area contributed by atoms with Crippen LogP contribution in [0.3, 0.4) is 0 Å². The number of nitrogens with one attached hydrogen (secondary N) is 2. The molecular formula is C16H23ClIN5O. The Morgan fingerprint density at radius 2 is 2.00 bits per heavy atom. The van der Waals surface area contributed by atoms with Crippen LogP contribution in [0.15, 0.2) is 41.5 Å². The molecule has 0 radical (unpaired) electrons. The third-order valence-corrected chi connectivity index (χ3v) is 3.64. The summed E-state index contributed by atoms with van der Waals surface area (Å²) in [6.07, 6.45) is 1.11. The topological polar surface area (TPSA) is 74.5 Å². The fraction of sp³-hybridized carbons (Fsp3) is 0.375. The first-order valence-corrected chi connectivity index (χ1v) is 7.90. The predicted octanol–water partition coefficient (Wildman–Crippen LogP) is 2.48. The number of aryl methyl sites for hydroxylation is 1. The average molecular weight is 464 g/mol. The lowest BCUT2D eigenvalue weighted by Crippen LogP contribution is -2.39. The lowest BCUT2D eigenvalue weighted by molar-refractivity contribution is 0.181. The van der Waals surface area contributed by atoms with Gasteiger partial charge in [0.05, 0.1) is 18.3 Å². The molecule has 8 heteroatoms. The van der Waals surface area contributed by atoms with Crippen LogP contribution in [0.5, 0.6) is 0 Å². The fourth-order valence-electron chi connectivity index (χ4n) is 2.05. The maximum atomic E-state index is 10.2. The lowest BCUT2D eigenvalue weighted by Gasteiger charge is -2.15. The largest absolute Gasteiger partial charge is 0.387 e. The predicted molar refractivity (Wildman–Crippen MR) is 108 cm³/mol. The van der Waals surface area contributed by atoms with Gasteiger partial charge in [0.1, 0.15) is 0 Å². The Morgan fingerprint density at radius 3 is 2.58 bits per heavy atom. The van der Waals surface area contributed by atoms with Crippen LogP contribution in [-0.2, 0) is 13.6 Å². The first kappa shape index (κ1) is 20.7. The second-order valence-electron chi connectivity index (χ2n) is 5.09. The zero-order chi connectivity index (χ0) is 16.7. The van der Waals surface area contributed by atoms with Crippen LogP contribution >= 0.6 is 35.6 Å². The van der Waals surface area contributed by atoms with Gasteiger partial charge >= 0.3 is 0 Å². The van der Waals surface area contributed by atoms with Gasteiger partial charge in [-0.2, -0.15) is 5.10 Å². The highest BCUT2D eigenvalue weighted by atomic mass is 127. The molecule has 0 bridgehead atoms. The van der Waals surface area contributed by atoms with E-state index in [-0.39, 0.29) is 24.0 Å². The molecule has 24 heavy (non-hydrogen) atoms. The molecule has 6 nitrogen and oxygen atoms in total. The van der Waals surface area contributed by atoms with Crippen molar-refractivity contribution in [1.82, 2.24) is 20.4 Å². The second-order valence-corrected chi connectivity index (χ2v) is 5.53. The number of aliphatic imine (C=N–C) groups is 1. The third kappa shape index (κ3) is 6.29. The summed E-state index contributed by atoms with van der Waals surface area (Å²) in [6.45, 7) is 3.62. The van der Waals surface area contributed by atoms with Crippen molar-refractivity contribution in [2.24, 2.45) is 12.0 Å². The quantitative estimate of drug-likeness (QED) is 0.350. The Balaban J connectivity index is 0.00000288. The number of guanidine groups is 1. The standard InChI is InChI=1S/C16H22ClN5O.HI/c1-3-18-16(19-10-14-8-9-21-22(14)2)20-11-15(23)12-4-6-13(17)7-5-12;/h4-9,15,23H,3,10-11H2,1-2H3,(H2,18,19,20);1H. The summed E-state index contributed by atoms with van der Waals surface area (Å²) in [5.41, 5.74) is 1.82. The van der Waals surface area contributed by atoms with Crippen molar-refractivity contribution in [1.29, 1.82) is 0 Å². The van der Waals surface area contributed by atoms with Crippen molar-refractivity contribution in [3.05, 3.63) is 52.8 Å². The van der Waals surface area contributed by atoms with E-state index < -0.39 is 6.10 Å². The van der Waals surface area contributed by atoms with Gasteiger partial charge in [-0.1, -0.05) is 23.7 Å². The molecule has 0 aliphatic heterocycles. The Morgan fingerprint density at radius 1 is 1.29 bits per heavy atom. The number of aliphatic hydroxyl groups is 1. The fourth-order valence-corrected chi connectivity index (χ4v) is 2.18. The number of hydrogen-bond donors (Lipinski definition) is 3. The zero-order valence-corrected chi connectivity index (χ0v) is 16.8. The lowest BCUT2D eigenvalue weighted by atomic mass is 10.1. The smallest absolute Gasteiger partial charge is 0.191 e. The van der Waals surface area contributed by atoms with Crippen molar-refractivity contribution in [3.8, 4) is 0 Å². The van der Waals surface area contributed by atoms with E-state index in [9.17, 15) is 5.11 Å². The first-order valence-electron chi connectivity index (χ1n) is 7.52. The van der Waals surface area contributed by atoms with Gasteiger partial charge in [-0.15, -0.1) is 24.0 Å². The number of aliphatic hydroxyl groups excluding tert-OH is 1. The van der Waals surface area contributed by atoms with Crippen molar-refractivity contribution >= 4 is 41.5 Å². The van der Waals surface area contributed by atoms with Gasteiger partial charge < -0.3 is 15.7 Å². The molecule has 1 heterocycles. The highest BCUT2D eigenvalue weighted by molar-refractivity contribution is 14.0. The van der Waals surface area contributed by atoms with E-state index in [0.29, 0.717) is 24.1 Å². The summed E-state index contributed by atoms with van der Waals surface area (Å²) >= 11 is 5.85. The van der Waals surface area contributed by atoms with Crippen LogP contribution in [0.25, 0.3) is 0 Å². The third-order valence-electron chi connectivity index (χ3n) is 3.38. The molecule has 2 rings (SSSR count). The second kappa shape index (κ2) is 10.5. The minimum atomic E-state index is -0.632. The van der Waals surface area contributed by atoms with Crippen molar-refractivity contribution in [3.63, 3.8) is 0 Å². The molecule has 1 aromatic carbocycles. The SMILES string of the molecule is CCNC(=NCc1ccnn1C)NCC(O)c1ccc(Cl)cc1.I. The molecule has 1 unspecified atom stereocenters. The van der Waals surface area contributed by atoms with Gasteiger partial charge in [0.15, 0.2) is 5.96 Å². The van der Waals surface area contributed by atoms with E-state index in [0.717, 1.165) is 17.8 Å². The number of hydrogen-bond acceptors (Lipinski definition) is 3. The van der Waals surface area contributed by atoms with Crippen LogP contribution < -0.4 is 10.6 Å². The van der Waals surface area contributed by atoms with E-state index in [4.69, 9.17) is 11.6 Å². The molecule has 0 aliphatic carbocycles. The van der Waals surface area contributed by atoms with Gasteiger partial charge in [0, 0.05) is 31.4 Å². The van der Waals surface area contributed by atoms with Crippen LogP contribution in [0.1, 0.15) is 24.3 Å². The van der Waals surface area contributed by atoms with E-state index in [1.807, 2.05) is 32.2 Å². The minimum absolute atomic E-state index is 0. The molecule has 0 amide bonds. The van der Waals surface area contributed by atoms with Crippen molar-refractivity contribution in [2.45, 2.75) is 19.6 Å². The van der Waals surface area contributed by atoms with Crippen LogP contribution in [0, 0.1) is 0 Å².